The maximum atomic E-state index is 12.9. The summed E-state index contributed by atoms with van der Waals surface area (Å²) in [4.78, 5) is 15.0. The van der Waals surface area contributed by atoms with Crippen molar-refractivity contribution in [1.82, 2.24) is 14.8 Å². The summed E-state index contributed by atoms with van der Waals surface area (Å²) in [5.74, 6) is -0.349. The van der Waals surface area contributed by atoms with E-state index in [0.717, 1.165) is 54.9 Å². The molecule has 176 valence electrons. The lowest BCUT2D eigenvalue weighted by molar-refractivity contribution is -0.117. The van der Waals surface area contributed by atoms with Gasteiger partial charge in [0.15, 0.2) is 0 Å². The normalized spacial score (nSPS) is 17.2. The summed E-state index contributed by atoms with van der Waals surface area (Å²) in [6.45, 7) is 8.27. The average Bonchev–Trinajstić information content (AvgIpc) is 3.41. The van der Waals surface area contributed by atoms with Crippen molar-refractivity contribution < 1.29 is 9.53 Å². The highest BCUT2D eigenvalue weighted by atomic mass is 16.5. The van der Waals surface area contributed by atoms with Crippen LogP contribution in [0.2, 0.25) is 0 Å². The van der Waals surface area contributed by atoms with E-state index in [0.29, 0.717) is 6.54 Å². The van der Waals surface area contributed by atoms with Crippen molar-refractivity contribution in [2.45, 2.75) is 58.7 Å². The molecule has 3 rings (SSSR count). The molecule has 1 aromatic heterocycles. The number of hydrogen-bond acceptors (Lipinski definition) is 4. The Balaban J connectivity index is 1.71. The Hall–Kier alpha value is -2.88. The predicted molar refractivity (Wildman–Crippen MR) is 132 cm³/mol. The zero-order valence-corrected chi connectivity index (χ0v) is 20.5. The molecule has 0 bridgehead atoms. The van der Waals surface area contributed by atoms with Gasteiger partial charge in [-0.15, -0.1) is 0 Å². The van der Waals surface area contributed by atoms with Crippen LogP contribution in [-0.2, 0) is 22.5 Å². The molecule has 1 saturated heterocycles. The van der Waals surface area contributed by atoms with Gasteiger partial charge in [-0.3, -0.25) is 4.79 Å². The van der Waals surface area contributed by atoms with E-state index in [9.17, 15) is 10.1 Å². The second-order valence-electron chi connectivity index (χ2n) is 9.03. The maximum absolute atomic E-state index is 12.9. The summed E-state index contributed by atoms with van der Waals surface area (Å²) in [5, 5.41) is 12.7. The van der Waals surface area contributed by atoms with Crippen LogP contribution in [0, 0.1) is 25.2 Å². The number of ether oxygens (including phenoxy) is 1. The fraction of sp³-hybridized carbons (Fsp3) is 0.481. The lowest BCUT2D eigenvalue weighted by Gasteiger charge is -2.25. The highest BCUT2D eigenvalue weighted by Gasteiger charge is 2.20. The van der Waals surface area contributed by atoms with E-state index < -0.39 is 0 Å². The number of nitrogens with zero attached hydrogens (tertiary/aromatic N) is 3. The molecule has 2 unspecified atom stereocenters. The first-order valence-electron chi connectivity index (χ1n) is 11.8. The molecule has 1 aliphatic rings. The summed E-state index contributed by atoms with van der Waals surface area (Å²) in [6.07, 6.45) is 5.10. The van der Waals surface area contributed by atoms with Crippen molar-refractivity contribution in [2.75, 3.05) is 27.2 Å². The number of nitriles is 1. The number of likely N-dealkylation sites (N-methyl/N-ethyl adjacent to an activating group) is 1. The van der Waals surface area contributed by atoms with Gasteiger partial charge >= 0.3 is 0 Å². The van der Waals surface area contributed by atoms with Gasteiger partial charge < -0.3 is 19.5 Å². The smallest absolute Gasteiger partial charge is 0.262 e. The molecule has 33 heavy (non-hydrogen) atoms. The number of hydrogen-bond donors (Lipinski definition) is 1. The van der Waals surface area contributed by atoms with Gasteiger partial charge in [0, 0.05) is 31.1 Å². The van der Waals surface area contributed by atoms with Crippen LogP contribution in [0.1, 0.15) is 53.9 Å². The Bertz CT molecular complexity index is 1020. The van der Waals surface area contributed by atoms with Gasteiger partial charge in [0.2, 0.25) is 0 Å². The van der Waals surface area contributed by atoms with E-state index in [4.69, 9.17) is 4.74 Å². The average molecular weight is 449 g/mol. The molecule has 1 amide bonds. The molecule has 1 aliphatic heterocycles. The molecule has 2 aromatic rings. The van der Waals surface area contributed by atoms with E-state index in [-0.39, 0.29) is 23.6 Å². The Labute approximate surface area is 197 Å². The molecule has 1 aromatic carbocycles. The number of aromatic nitrogens is 1. The Morgan fingerprint density at radius 1 is 1.33 bits per heavy atom. The van der Waals surface area contributed by atoms with Crippen LogP contribution in [-0.4, -0.2) is 48.7 Å². The molecule has 0 saturated carbocycles. The molecule has 6 heteroatoms. The van der Waals surface area contributed by atoms with Gasteiger partial charge in [-0.25, -0.2) is 0 Å². The van der Waals surface area contributed by atoms with Gasteiger partial charge in [0.25, 0.3) is 5.91 Å². The number of benzene rings is 1. The molecule has 2 heterocycles. The molecule has 0 radical (unpaired) electrons. The van der Waals surface area contributed by atoms with Crippen LogP contribution in [0.25, 0.3) is 6.08 Å². The fourth-order valence-electron chi connectivity index (χ4n) is 4.41. The van der Waals surface area contributed by atoms with E-state index in [1.165, 1.54) is 5.56 Å². The molecule has 6 nitrogen and oxygen atoms in total. The molecular formula is C27H36N4O2. The van der Waals surface area contributed by atoms with E-state index in [1.807, 2.05) is 27.1 Å². The van der Waals surface area contributed by atoms with Crippen molar-refractivity contribution >= 4 is 12.0 Å². The Morgan fingerprint density at radius 2 is 2.06 bits per heavy atom. The molecule has 1 N–H and O–H groups in total. The van der Waals surface area contributed by atoms with Crippen LogP contribution in [0.4, 0.5) is 0 Å². The summed E-state index contributed by atoms with van der Waals surface area (Å²) in [7, 11) is 3.99. The van der Waals surface area contributed by atoms with Crippen molar-refractivity contribution in [3.63, 3.8) is 0 Å². The van der Waals surface area contributed by atoms with Crippen LogP contribution >= 0.6 is 0 Å². The second kappa shape index (κ2) is 11.3. The lowest BCUT2D eigenvalue weighted by atomic mass is 10.0. The third-order valence-electron chi connectivity index (χ3n) is 6.54. The van der Waals surface area contributed by atoms with Crippen LogP contribution in [0.5, 0.6) is 0 Å². The highest BCUT2D eigenvalue weighted by molar-refractivity contribution is 6.01. The lowest BCUT2D eigenvalue weighted by Crippen LogP contribution is -2.35. The first kappa shape index (κ1) is 24.8. The molecule has 1 fully saturated rings. The standard InChI is InChI=1S/C27H36N4O2/c1-6-21-9-11-22(12-10-21)26(30(4)5)17-29-27(32)24(16-28)15-23-14-19(2)31(20(23)3)18-25-8-7-13-33-25/h9-12,14-15,25-26H,6-8,13,17-18H2,1-5H3,(H,29,32)/b24-15+. The minimum atomic E-state index is -0.349. The van der Waals surface area contributed by atoms with Crippen LogP contribution in [0.15, 0.2) is 35.9 Å². The Kier molecular flexibility index (Phi) is 8.49. The Morgan fingerprint density at radius 3 is 2.64 bits per heavy atom. The molecule has 2 atom stereocenters. The molecule has 0 aliphatic carbocycles. The number of amides is 1. The van der Waals surface area contributed by atoms with Gasteiger partial charge in [-0.1, -0.05) is 31.2 Å². The van der Waals surface area contributed by atoms with Gasteiger partial charge in [0.05, 0.1) is 12.1 Å². The third kappa shape index (κ3) is 6.13. The van der Waals surface area contributed by atoms with Crippen molar-refractivity contribution in [3.8, 4) is 6.07 Å². The minimum absolute atomic E-state index is 0.0243. The molecular weight excluding hydrogens is 412 g/mol. The monoisotopic (exact) mass is 448 g/mol. The summed E-state index contributed by atoms with van der Waals surface area (Å²) >= 11 is 0. The van der Waals surface area contributed by atoms with E-state index in [2.05, 4.69) is 59.0 Å². The van der Waals surface area contributed by atoms with Crippen molar-refractivity contribution in [3.05, 3.63) is 64.0 Å². The SMILES string of the molecule is CCc1ccc(C(CNC(=O)/C(C#N)=C/c2cc(C)n(CC3CCCO3)c2C)N(C)C)cc1. The van der Waals surface area contributed by atoms with Gasteiger partial charge in [-0.05, 0) is 76.0 Å². The number of nitrogens with one attached hydrogen (secondary N) is 1. The van der Waals surface area contributed by atoms with E-state index in [1.54, 1.807) is 6.08 Å². The minimum Gasteiger partial charge on any atom is -0.376 e. The number of rotatable bonds is 9. The maximum Gasteiger partial charge on any atom is 0.262 e. The van der Waals surface area contributed by atoms with Gasteiger partial charge in [0.1, 0.15) is 11.6 Å². The zero-order valence-electron chi connectivity index (χ0n) is 20.5. The van der Waals surface area contributed by atoms with Crippen molar-refractivity contribution in [1.29, 1.82) is 5.26 Å². The second-order valence-corrected chi connectivity index (χ2v) is 9.03. The quantitative estimate of drug-likeness (QED) is 0.462. The van der Waals surface area contributed by atoms with Gasteiger partial charge in [-0.2, -0.15) is 5.26 Å². The highest BCUT2D eigenvalue weighted by Crippen LogP contribution is 2.22. The van der Waals surface area contributed by atoms with E-state index >= 15 is 0 Å². The molecule has 0 spiro atoms. The van der Waals surface area contributed by atoms with Crippen LogP contribution in [0.3, 0.4) is 0 Å². The number of carbonyl (C=O) groups excluding carboxylic acids is 1. The fourth-order valence-corrected chi connectivity index (χ4v) is 4.41. The zero-order chi connectivity index (χ0) is 24.0. The summed E-state index contributed by atoms with van der Waals surface area (Å²) in [6, 6.07) is 12.6. The summed E-state index contributed by atoms with van der Waals surface area (Å²) in [5.41, 5.74) is 5.59. The van der Waals surface area contributed by atoms with Crippen molar-refractivity contribution in [2.24, 2.45) is 0 Å². The predicted octanol–water partition coefficient (Wildman–Crippen LogP) is 4.17. The first-order valence-corrected chi connectivity index (χ1v) is 11.8. The number of carbonyl (C=O) groups is 1. The first-order chi connectivity index (χ1) is 15.8. The topological polar surface area (TPSA) is 70.3 Å². The number of aryl methyl sites for hydroxylation is 2. The van der Waals surface area contributed by atoms with Crippen LogP contribution < -0.4 is 5.32 Å². The largest absolute Gasteiger partial charge is 0.376 e. The summed E-state index contributed by atoms with van der Waals surface area (Å²) < 4.78 is 8.00. The third-order valence-corrected chi connectivity index (χ3v) is 6.54.